The Bertz CT molecular complexity index is 419. The van der Waals surface area contributed by atoms with Gasteiger partial charge in [0.15, 0.2) is 0 Å². The molecule has 2 heteroatoms. The highest BCUT2D eigenvalue weighted by Crippen LogP contribution is 2.52. The third-order valence-electron chi connectivity index (χ3n) is 4.33. The van der Waals surface area contributed by atoms with Gasteiger partial charge < -0.3 is 5.32 Å². The first-order valence-corrected chi connectivity index (χ1v) is 7.14. The van der Waals surface area contributed by atoms with E-state index in [1.807, 2.05) is 6.07 Å². The lowest BCUT2D eigenvalue weighted by Gasteiger charge is -2.19. The number of hydrogen-bond acceptors (Lipinski definition) is 1. The summed E-state index contributed by atoms with van der Waals surface area (Å²) < 4.78 is 0. The highest BCUT2D eigenvalue weighted by molar-refractivity contribution is 6.30. The van der Waals surface area contributed by atoms with Crippen molar-refractivity contribution in [3.63, 3.8) is 0 Å². The van der Waals surface area contributed by atoms with E-state index in [0.717, 1.165) is 17.6 Å². The third kappa shape index (κ3) is 2.36. The Morgan fingerprint density at radius 3 is 2.71 bits per heavy atom. The van der Waals surface area contributed by atoms with Crippen LogP contribution in [0.1, 0.15) is 50.2 Å². The second kappa shape index (κ2) is 4.29. The monoisotopic (exact) mass is 249 g/mol. The van der Waals surface area contributed by atoms with E-state index in [-0.39, 0.29) is 0 Å². The van der Waals surface area contributed by atoms with Crippen LogP contribution in [0.3, 0.4) is 0 Å². The van der Waals surface area contributed by atoms with Crippen LogP contribution in [0.5, 0.6) is 0 Å². The van der Waals surface area contributed by atoms with Crippen LogP contribution in [0.25, 0.3) is 0 Å². The zero-order chi connectivity index (χ0) is 11.9. The minimum atomic E-state index is 0.450. The van der Waals surface area contributed by atoms with Crippen LogP contribution in [0.4, 0.5) is 0 Å². The second-order valence-electron chi connectivity index (χ2n) is 5.59. The fraction of sp³-hybridized carbons (Fsp3) is 0.600. The molecule has 1 nitrogen and oxygen atoms in total. The normalized spacial score (nSPS) is 21.5. The van der Waals surface area contributed by atoms with E-state index in [2.05, 4.69) is 24.4 Å². The van der Waals surface area contributed by atoms with E-state index in [1.54, 1.807) is 0 Å². The molecule has 1 N–H and O–H groups in total. The lowest BCUT2D eigenvalue weighted by molar-refractivity contribution is 0.630. The molecule has 2 aliphatic carbocycles. The number of nitrogens with one attached hydrogen (secondary N) is 1. The first kappa shape index (κ1) is 11.6. The summed E-state index contributed by atoms with van der Waals surface area (Å²) in [5, 5.41) is 4.50. The van der Waals surface area contributed by atoms with Crippen molar-refractivity contribution in [2.24, 2.45) is 0 Å². The van der Waals surface area contributed by atoms with Gasteiger partial charge in [0, 0.05) is 17.6 Å². The minimum absolute atomic E-state index is 0.450. The van der Waals surface area contributed by atoms with Gasteiger partial charge in [-0.05, 0) is 60.8 Å². The molecule has 1 aromatic carbocycles. The smallest absolute Gasteiger partial charge is 0.0409 e. The highest BCUT2D eigenvalue weighted by Gasteiger charge is 2.43. The van der Waals surface area contributed by atoms with Crippen molar-refractivity contribution in [2.45, 2.75) is 57.0 Å². The molecule has 0 atom stereocenters. The van der Waals surface area contributed by atoms with Gasteiger partial charge in [0.1, 0.15) is 0 Å². The Balaban J connectivity index is 1.84. The largest absolute Gasteiger partial charge is 0.310 e. The average molecular weight is 250 g/mol. The van der Waals surface area contributed by atoms with Crippen molar-refractivity contribution in [2.75, 3.05) is 0 Å². The maximum Gasteiger partial charge on any atom is 0.0409 e. The molecule has 92 valence electrons. The number of hydrogen-bond donors (Lipinski definition) is 1. The van der Waals surface area contributed by atoms with E-state index in [9.17, 15) is 0 Å². The molecule has 0 unspecified atom stereocenters. The zero-order valence-electron chi connectivity index (χ0n) is 10.4. The molecule has 0 radical (unpaired) electrons. The van der Waals surface area contributed by atoms with Crippen molar-refractivity contribution in [3.05, 3.63) is 34.3 Å². The highest BCUT2D eigenvalue weighted by atomic mass is 35.5. The topological polar surface area (TPSA) is 12.0 Å². The van der Waals surface area contributed by atoms with E-state index in [0.29, 0.717) is 5.41 Å². The van der Waals surface area contributed by atoms with Gasteiger partial charge in [-0.2, -0.15) is 0 Å². The van der Waals surface area contributed by atoms with Crippen molar-refractivity contribution < 1.29 is 0 Å². The van der Waals surface area contributed by atoms with Gasteiger partial charge in [0.25, 0.3) is 0 Å². The molecule has 0 amide bonds. The molecule has 0 bridgehead atoms. The van der Waals surface area contributed by atoms with Crippen LogP contribution in [0.2, 0.25) is 5.02 Å². The summed E-state index contributed by atoms with van der Waals surface area (Å²) in [4.78, 5) is 0. The van der Waals surface area contributed by atoms with Gasteiger partial charge in [-0.3, -0.25) is 0 Å². The molecule has 2 fully saturated rings. The molecule has 3 rings (SSSR count). The van der Waals surface area contributed by atoms with Gasteiger partial charge in [-0.15, -0.1) is 0 Å². The quantitative estimate of drug-likeness (QED) is 0.831. The van der Waals surface area contributed by atoms with Crippen LogP contribution in [0, 0.1) is 0 Å². The summed E-state index contributed by atoms with van der Waals surface area (Å²) in [6.45, 7) is 3.31. The molecule has 17 heavy (non-hydrogen) atoms. The zero-order valence-corrected chi connectivity index (χ0v) is 11.2. The second-order valence-corrected chi connectivity index (χ2v) is 6.03. The lowest BCUT2D eigenvalue weighted by Crippen LogP contribution is -2.18. The fourth-order valence-corrected chi connectivity index (χ4v) is 2.87. The van der Waals surface area contributed by atoms with Gasteiger partial charge >= 0.3 is 0 Å². The molecular weight excluding hydrogens is 230 g/mol. The number of benzene rings is 1. The SMILES string of the molecule is CCC1(c2cc(Cl)ccc2CNC2CC2)CC1. The summed E-state index contributed by atoms with van der Waals surface area (Å²) in [6.07, 6.45) is 6.61. The van der Waals surface area contributed by atoms with Crippen molar-refractivity contribution in [1.82, 2.24) is 5.32 Å². The van der Waals surface area contributed by atoms with Crippen molar-refractivity contribution in [1.29, 1.82) is 0 Å². The van der Waals surface area contributed by atoms with E-state index >= 15 is 0 Å². The van der Waals surface area contributed by atoms with Gasteiger partial charge in [-0.25, -0.2) is 0 Å². The summed E-state index contributed by atoms with van der Waals surface area (Å²) in [7, 11) is 0. The number of rotatable bonds is 5. The van der Waals surface area contributed by atoms with Crippen LogP contribution < -0.4 is 5.32 Å². The average Bonchev–Trinajstić information content (AvgIpc) is 3.22. The van der Waals surface area contributed by atoms with Crippen LogP contribution >= 0.6 is 11.6 Å². The van der Waals surface area contributed by atoms with Crippen molar-refractivity contribution >= 4 is 11.6 Å². The Hall–Kier alpha value is -0.530. The standard InChI is InChI=1S/C15H20ClN/c1-2-15(7-8-15)14-9-12(16)4-3-11(14)10-17-13-5-6-13/h3-4,9,13,17H,2,5-8,10H2,1H3. The Morgan fingerprint density at radius 1 is 1.35 bits per heavy atom. The summed E-state index contributed by atoms with van der Waals surface area (Å²) in [5.41, 5.74) is 3.41. The molecule has 0 spiro atoms. The fourth-order valence-electron chi connectivity index (χ4n) is 2.70. The first-order valence-electron chi connectivity index (χ1n) is 6.76. The third-order valence-corrected chi connectivity index (χ3v) is 4.57. The summed E-state index contributed by atoms with van der Waals surface area (Å²) in [6, 6.07) is 7.21. The molecule has 0 aromatic heterocycles. The molecular formula is C15H20ClN. The predicted molar refractivity (Wildman–Crippen MR) is 72.5 cm³/mol. The predicted octanol–water partition coefficient (Wildman–Crippen LogP) is 4.03. The minimum Gasteiger partial charge on any atom is -0.310 e. The Labute approximate surface area is 109 Å². The van der Waals surface area contributed by atoms with Crippen LogP contribution in [-0.4, -0.2) is 6.04 Å². The van der Waals surface area contributed by atoms with Crippen LogP contribution in [0.15, 0.2) is 18.2 Å². The number of halogens is 1. The first-order chi connectivity index (χ1) is 8.23. The molecule has 2 aliphatic rings. The van der Waals surface area contributed by atoms with Gasteiger partial charge in [0.05, 0.1) is 0 Å². The maximum absolute atomic E-state index is 6.16. The molecule has 0 heterocycles. The van der Waals surface area contributed by atoms with Crippen molar-refractivity contribution in [3.8, 4) is 0 Å². The molecule has 2 saturated carbocycles. The van der Waals surface area contributed by atoms with Crippen LogP contribution in [-0.2, 0) is 12.0 Å². The van der Waals surface area contributed by atoms with E-state index in [1.165, 1.54) is 43.2 Å². The Morgan fingerprint density at radius 2 is 2.12 bits per heavy atom. The summed E-state index contributed by atoms with van der Waals surface area (Å²) in [5.74, 6) is 0. The lowest BCUT2D eigenvalue weighted by atomic mass is 9.89. The van der Waals surface area contributed by atoms with Gasteiger partial charge in [0.2, 0.25) is 0 Å². The van der Waals surface area contributed by atoms with E-state index in [4.69, 9.17) is 11.6 Å². The summed E-state index contributed by atoms with van der Waals surface area (Å²) >= 11 is 6.16. The van der Waals surface area contributed by atoms with E-state index < -0.39 is 0 Å². The molecule has 0 aliphatic heterocycles. The maximum atomic E-state index is 6.16. The molecule has 0 saturated heterocycles. The molecule has 1 aromatic rings. The van der Waals surface area contributed by atoms with Gasteiger partial charge in [-0.1, -0.05) is 24.6 Å². The Kier molecular flexibility index (Phi) is 2.92.